The molecule has 0 aliphatic rings. The molecule has 0 aliphatic heterocycles. The van der Waals surface area contributed by atoms with Gasteiger partial charge in [0.25, 0.3) is 0 Å². The first-order valence-corrected chi connectivity index (χ1v) is 3.90. The van der Waals surface area contributed by atoms with Gasteiger partial charge < -0.3 is 9.47 Å². The van der Waals surface area contributed by atoms with E-state index in [2.05, 4.69) is 29.6 Å². The Bertz CT molecular complexity index is 250. The van der Waals surface area contributed by atoms with Crippen LogP contribution < -0.4 is 0 Å². The third kappa shape index (κ3) is 4.45. The molecule has 0 aromatic carbocycles. The Morgan fingerprint density at radius 1 is 1.00 bits per heavy atom. The lowest BCUT2D eigenvalue weighted by molar-refractivity contribution is -0.174. The number of carbonyl (C=O) groups is 2. The van der Waals surface area contributed by atoms with Gasteiger partial charge in [0.15, 0.2) is 0 Å². The lowest BCUT2D eigenvalue weighted by Gasteiger charge is -2.13. The van der Waals surface area contributed by atoms with Gasteiger partial charge in [-0.1, -0.05) is 13.2 Å². The fourth-order valence-corrected chi connectivity index (χ4v) is 0.464. The molecule has 0 amide bonds. The van der Waals surface area contributed by atoms with Gasteiger partial charge in [0.1, 0.15) is 0 Å². The van der Waals surface area contributed by atoms with Gasteiger partial charge in [-0.2, -0.15) is 0 Å². The van der Waals surface area contributed by atoms with Gasteiger partial charge in [0.2, 0.25) is 6.29 Å². The molecule has 1 radical (unpaired) electrons. The van der Waals surface area contributed by atoms with Crippen LogP contribution >= 0.6 is 0 Å². The first-order valence-electron chi connectivity index (χ1n) is 3.90. The van der Waals surface area contributed by atoms with Crippen LogP contribution in [-0.4, -0.2) is 18.2 Å². The highest BCUT2D eigenvalue weighted by Crippen LogP contribution is 2.02. The van der Waals surface area contributed by atoms with E-state index in [4.69, 9.17) is 0 Å². The molecule has 0 aromatic heterocycles. The Labute approximate surface area is 83.2 Å². The zero-order valence-corrected chi connectivity index (χ0v) is 8.33. The van der Waals surface area contributed by atoms with Crippen LogP contribution in [-0.2, 0) is 19.1 Å². The minimum atomic E-state index is -1.18. The summed E-state index contributed by atoms with van der Waals surface area (Å²) in [6, 6.07) is 0. The molecule has 0 N–H and O–H groups in total. The molecular weight excluding hydrogens is 184 g/mol. The number of esters is 2. The summed E-state index contributed by atoms with van der Waals surface area (Å²) < 4.78 is 9.20. The number of ether oxygens (including phenoxy) is 2. The van der Waals surface area contributed by atoms with Gasteiger partial charge in [-0.25, -0.2) is 9.59 Å². The topological polar surface area (TPSA) is 52.6 Å². The van der Waals surface area contributed by atoms with Crippen LogP contribution in [0.3, 0.4) is 0 Å². The van der Waals surface area contributed by atoms with E-state index in [-0.39, 0.29) is 11.1 Å². The Balaban J connectivity index is 4.05. The molecule has 0 spiro atoms. The maximum Gasteiger partial charge on any atom is 0.336 e. The molecule has 0 atom stereocenters. The molecule has 77 valence electrons. The van der Waals surface area contributed by atoms with Crippen LogP contribution in [0.5, 0.6) is 0 Å². The van der Waals surface area contributed by atoms with Crippen molar-refractivity contribution in [1.29, 1.82) is 0 Å². The van der Waals surface area contributed by atoms with Crippen molar-refractivity contribution in [1.82, 2.24) is 0 Å². The maximum atomic E-state index is 10.9. The first-order chi connectivity index (χ1) is 6.34. The van der Waals surface area contributed by atoms with Crippen LogP contribution in [0.1, 0.15) is 13.8 Å². The summed E-state index contributed by atoms with van der Waals surface area (Å²) >= 11 is 0. The fraction of sp³-hybridized carbons (Fsp3) is 0.300. The van der Waals surface area contributed by atoms with Crippen molar-refractivity contribution < 1.29 is 19.1 Å². The second-order valence-electron chi connectivity index (χ2n) is 2.80. The Morgan fingerprint density at radius 2 is 1.29 bits per heavy atom. The number of hydrogen-bond acceptors (Lipinski definition) is 4. The zero-order valence-electron chi connectivity index (χ0n) is 8.33. The van der Waals surface area contributed by atoms with Crippen LogP contribution in [0.15, 0.2) is 24.3 Å². The smallest absolute Gasteiger partial charge is 0.336 e. The Morgan fingerprint density at radius 3 is 1.50 bits per heavy atom. The lowest BCUT2D eigenvalue weighted by Crippen LogP contribution is -2.22. The molecule has 14 heavy (non-hydrogen) atoms. The highest BCUT2D eigenvalue weighted by atomic mass is 16.7. The third-order valence-corrected chi connectivity index (χ3v) is 1.17. The SMILES string of the molecule is [CH2]C(OC(=O)C(=C)C)OC(=O)C(=C)C. The van der Waals surface area contributed by atoms with Crippen LogP contribution in [0.2, 0.25) is 0 Å². The van der Waals surface area contributed by atoms with Gasteiger partial charge in [-0.3, -0.25) is 0 Å². The van der Waals surface area contributed by atoms with Crippen LogP contribution in [0.4, 0.5) is 0 Å². The Kier molecular flexibility index (Phi) is 4.63. The average Bonchev–Trinajstić information content (AvgIpc) is 2.03. The maximum absolute atomic E-state index is 10.9. The predicted octanol–water partition coefficient (Wildman–Crippen LogP) is 1.39. The summed E-state index contributed by atoms with van der Waals surface area (Å²) in [6.07, 6.45) is -1.18. The van der Waals surface area contributed by atoms with Gasteiger partial charge in [0, 0.05) is 18.1 Å². The molecule has 0 heterocycles. The number of carbonyl (C=O) groups excluding carboxylic acids is 2. The van der Waals surface area contributed by atoms with E-state index in [1.165, 1.54) is 13.8 Å². The molecule has 0 unspecified atom stereocenters. The van der Waals surface area contributed by atoms with Crippen molar-refractivity contribution in [2.24, 2.45) is 0 Å². The van der Waals surface area contributed by atoms with Crippen molar-refractivity contribution >= 4 is 11.9 Å². The minimum absolute atomic E-state index is 0.213. The molecule has 0 aliphatic carbocycles. The van der Waals surface area contributed by atoms with Crippen molar-refractivity contribution in [3.05, 3.63) is 31.2 Å². The molecule has 4 heteroatoms. The van der Waals surface area contributed by atoms with Crippen molar-refractivity contribution in [3.8, 4) is 0 Å². The van der Waals surface area contributed by atoms with Gasteiger partial charge in [-0.05, 0) is 13.8 Å². The molecule has 0 saturated heterocycles. The van der Waals surface area contributed by atoms with Gasteiger partial charge in [-0.15, -0.1) is 0 Å². The molecule has 0 aromatic rings. The van der Waals surface area contributed by atoms with E-state index in [1.54, 1.807) is 0 Å². The summed E-state index contributed by atoms with van der Waals surface area (Å²) in [6.45, 7) is 13.0. The molecular formula is C10H13O4. The molecule has 0 saturated carbocycles. The first kappa shape index (κ1) is 12.4. The van der Waals surface area contributed by atoms with Gasteiger partial charge >= 0.3 is 11.9 Å². The summed E-state index contributed by atoms with van der Waals surface area (Å²) in [4.78, 5) is 21.9. The van der Waals surface area contributed by atoms with E-state index < -0.39 is 18.2 Å². The largest absolute Gasteiger partial charge is 0.422 e. The van der Waals surface area contributed by atoms with E-state index in [1.807, 2.05) is 0 Å². The summed E-state index contributed by atoms with van der Waals surface area (Å²) in [5.74, 6) is -1.31. The minimum Gasteiger partial charge on any atom is -0.422 e. The number of hydrogen-bond donors (Lipinski definition) is 0. The highest BCUT2D eigenvalue weighted by Gasteiger charge is 2.14. The lowest BCUT2D eigenvalue weighted by atomic mass is 10.3. The summed E-state index contributed by atoms with van der Waals surface area (Å²) in [7, 11) is 0. The molecule has 4 nitrogen and oxygen atoms in total. The molecule has 0 fully saturated rings. The van der Waals surface area contributed by atoms with E-state index >= 15 is 0 Å². The normalized spacial score (nSPS) is 9.43. The van der Waals surface area contributed by atoms with Crippen LogP contribution in [0, 0.1) is 6.92 Å². The van der Waals surface area contributed by atoms with Crippen molar-refractivity contribution in [2.75, 3.05) is 0 Å². The quantitative estimate of drug-likeness (QED) is 0.388. The third-order valence-electron chi connectivity index (χ3n) is 1.17. The summed E-state index contributed by atoms with van der Waals surface area (Å²) in [5, 5.41) is 0. The standard InChI is InChI=1S/C10H13O4/c1-6(2)9(11)13-8(5)14-10(12)7(3)4/h8H,1,3,5H2,2,4H3. The van der Waals surface area contributed by atoms with E-state index in [0.29, 0.717) is 0 Å². The summed E-state index contributed by atoms with van der Waals surface area (Å²) in [5.41, 5.74) is 0.426. The van der Waals surface area contributed by atoms with Gasteiger partial charge in [0.05, 0.1) is 0 Å². The van der Waals surface area contributed by atoms with Crippen LogP contribution in [0.25, 0.3) is 0 Å². The highest BCUT2D eigenvalue weighted by molar-refractivity contribution is 5.88. The monoisotopic (exact) mass is 197 g/mol. The van der Waals surface area contributed by atoms with E-state index in [9.17, 15) is 9.59 Å². The van der Waals surface area contributed by atoms with Crippen molar-refractivity contribution in [2.45, 2.75) is 20.1 Å². The molecule has 0 rings (SSSR count). The second kappa shape index (κ2) is 5.21. The zero-order chi connectivity index (χ0) is 11.3. The fourth-order valence-electron chi connectivity index (χ4n) is 0.464. The van der Waals surface area contributed by atoms with Crippen molar-refractivity contribution in [3.63, 3.8) is 0 Å². The number of rotatable bonds is 4. The second-order valence-corrected chi connectivity index (χ2v) is 2.80. The average molecular weight is 197 g/mol. The van der Waals surface area contributed by atoms with E-state index in [0.717, 1.165) is 0 Å². The molecule has 0 bridgehead atoms. The Hall–Kier alpha value is -1.58. The predicted molar refractivity (Wildman–Crippen MR) is 51.0 cm³/mol.